The van der Waals surface area contributed by atoms with Gasteiger partial charge in [-0.3, -0.25) is 9.69 Å². The normalized spacial score (nSPS) is 29.2. The van der Waals surface area contributed by atoms with Crippen molar-refractivity contribution in [1.82, 2.24) is 4.90 Å². The van der Waals surface area contributed by atoms with Crippen molar-refractivity contribution in [3.8, 4) is 0 Å². The summed E-state index contributed by atoms with van der Waals surface area (Å²) in [6.07, 6.45) is 4.30. The highest BCUT2D eigenvalue weighted by molar-refractivity contribution is 5.75. The van der Waals surface area contributed by atoms with Crippen LogP contribution in [0.3, 0.4) is 0 Å². The SMILES string of the molecule is CN(CC(N)=O)C1CCC(N)CC1. The van der Waals surface area contributed by atoms with E-state index < -0.39 is 0 Å². The summed E-state index contributed by atoms with van der Waals surface area (Å²) in [5.41, 5.74) is 10.9. The monoisotopic (exact) mass is 185 g/mol. The van der Waals surface area contributed by atoms with Gasteiger partial charge in [0.25, 0.3) is 0 Å². The van der Waals surface area contributed by atoms with Gasteiger partial charge in [-0.25, -0.2) is 0 Å². The van der Waals surface area contributed by atoms with Crippen molar-refractivity contribution in [1.29, 1.82) is 0 Å². The Balaban J connectivity index is 2.31. The van der Waals surface area contributed by atoms with Crippen molar-refractivity contribution in [2.75, 3.05) is 13.6 Å². The van der Waals surface area contributed by atoms with E-state index in [1.165, 1.54) is 0 Å². The van der Waals surface area contributed by atoms with E-state index in [0.717, 1.165) is 25.7 Å². The van der Waals surface area contributed by atoms with Crippen LogP contribution in [0.2, 0.25) is 0 Å². The Labute approximate surface area is 79.3 Å². The number of carbonyl (C=O) groups excluding carboxylic acids is 1. The van der Waals surface area contributed by atoms with Crippen LogP contribution in [0.4, 0.5) is 0 Å². The average Bonchev–Trinajstić information content (AvgIpc) is 2.04. The molecule has 1 aliphatic carbocycles. The van der Waals surface area contributed by atoms with E-state index in [0.29, 0.717) is 18.6 Å². The molecule has 1 fully saturated rings. The van der Waals surface area contributed by atoms with Crippen LogP contribution in [0.1, 0.15) is 25.7 Å². The molecule has 0 radical (unpaired) electrons. The summed E-state index contributed by atoms with van der Waals surface area (Å²) >= 11 is 0. The molecule has 0 bridgehead atoms. The highest BCUT2D eigenvalue weighted by Gasteiger charge is 2.22. The average molecular weight is 185 g/mol. The number of nitrogens with two attached hydrogens (primary N) is 2. The minimum Gasteiger partial charge on any atom is -0.369 e. The number of hydrogen-bond donors (Lipinski definition) is 2. The van der Waals surface area contributed by atoms with E-state index in [2.05, 4.69) is 0 Å². The fraction of sp³-hybridized carbons (Fsp3) is 0.889. The number of primary amides is 1. The van der Waals surface area contributed by atoms with Gasteiger partial charge in [-0.15, -0.1) is 0 Å². The molecule has 0 spiro atoms. The summed E-state index contributed by atoms with van der Waals surface area (Å²) in [5.74, 6) is -0.252. The number of nitrogens with zero attached hydrogens (tertiary/aromatic N) is 1. The van der Waals surface area contributed by atoms with Gasteiger partial charge in [-0.05, 0) is 32.7 Å². The molecule has 1 aliphatic rings. The minimum absolute atomic E-state index is 0.252. The predicted octanol–water partition coefficient (Wildman–Crippen LogP) is -0.327. The van der Waals surface area contributed by atoms with Crippen molar-refractivity contribution in [3.05, 3.63) is 0 Å². The molecule has 76 valence electrons. The Kier molecular flexibility index (Phi) is 3.69. The predicted molar refractivity (Wildman–Crippen MR) is 52.1 cm³/mol. The van der Waals surface area contributed by atoms with E-state index >= 15 is 0 Å². The highest BCUT2D eigenvalue weighted by atomic mass is 16.1. The lowest BCUT2D eigenvalue weighted by Gasteiger charge is -2.32. The summed E-state index contributed by atoms with van der Waals surface area (Å²) in [5, 5.41) is 0. The van der Waals surface area contributed by atoms with Gasteiger partial charge in [0.2, 0.25) is 5.91 Å². The second-order valence-corrected chi connectivity index (χ2v) is 3.95. The van der Waals surface area contributed by atoms with Crippen LogP contribution in [0.15, 0.2) is 0 Å². The van der Waals surface area contributed by atoms with Crippen LogP contribution in [0.25, 0.3) is 0 Å². The molecule has 4 heteroatoms. The summed E-state index contributed by atoms with van der Waals surface area (Å²) in [6.45, 7) is 0.361. The third kappa shape index (κ3) is 3.32. The van der Waals surface area contributed by atoms with Gasteiger partial charge in [0.05, 0.1) is 6.54 Å². The molecule has 13 heavy (non-hydrogen) atoms. The van der Waals surface area contributed by atoms with E-state index in [-0.39, 0.29) is 5.91 Å². The van der Waals surface area contributed by atoms with Crippen molar-refractivity contribution < 1.29 is 4.79 Å². The fourth-order valence-electron chi connectivity index (χ4n) is 1.92. The first kappa shape index (κ1) is 10.5. The number of amides is 1. The number of carbonyl (C=O) groups is 1. The quantitative estimate of drug-likeness (QED) is 0.632. The molecule has 1 amide bonds. The molecule has 0 unspecified atom stereocenters. The maximum atomic E-state index is 10.7. The van der Waals surface area contributed by atoms with Crippen LogP contribution >= 0.6 is 0 Å². The molecule has 0 aromatic rings. The Bertz CT molecular complexity index is 176. The highest BCUT2D eigenvalue weighted by Crippen LogP contribution is 2.20. The Morgan fingerprint density at radius 1 is 1.38 bits per heavy atom. The Hall–Kier alpha value is -0.610. The maximum absolute atomic E-state index is 10.7. The largest absolute Gasteiger partial charge is 0.369 e. The molecular weight excluding hydrogens is 166 g/mol. The molecule has 0 atom stereocenters. The lowest BCUT2D eigenvalue weighted by molar-refractivity contribution is -0.119. The molecule has 0 saturated heterocycles. The summed E-state index contributed by atoms with van der Waals surface area (Å²) in [4.78, 5) is 12.7. The van der Waals surface area contributed by atoms with Crippen LogP contribution < -0.4 is 11.5 Å². The number of rotatable bonds is 3. The third-order valence-corrected chi connectivity index (χ3v) is 2.77. The minimum atomic E-state index is -0.252. The Morgan fingerprint density at radius 3 is 2.38 bits per heavy atom. The van der Waals surface area contributed by atoms with Crippen LogP contribution in [0.5, 0.6) is 0 Å². The molecule has 0 aliphatic heterocycles. The van der Waals surface area contributed by atoms with E-state index in [1.807, 2.05) is 11.9 Å². The van der Waals surface area contributed by atoms with E-state index in [9.17, 15) is 4.79 Å². The van der Waals surface area contributed by atoms with Gasteiger partial charge in [-0.1, -0.05) is 0 Å². The van der Waals surface area contributed by atoms with Crippen LogP contribution in [0, 0.1) is 0 Å². The number of hydrogen-bond acceptors (Lipinski definition) is 3. The molecule has 1 saturated carbocycles. The zero-order valence-electron chi connectivity index (χ0n) is 8.20. The second kappa shape index (κ2) is 4.58. The molecule has 0 aromatic carbocycles. The van der Waals surface area contributed by atoms with Gasteiger partial charge in [0.1, 0.15) is 0 Å². The van der Waals surface area contributed by atoms with Crippen molar-refractivity contribution in [2.24, 2.45) is 11.5 Å². The molecule has 0 heterocycles. The standard InChI is InChI=1S/C9H19N3O/c1-12(6-9(11)13)8-4-2-7(10)3-5-8/h7-8H,2-6,10H2,1H3,(H2,11,13). The maximum Gasteiger partial charge on any atom is 0.231 e. The topological polar surface area (TPSA) is 72.3 Å². The zero-order chi connectivity index (χ0) is 9.84. The second-order valence-electron chi connectivity index (χ2n) is 3.95. The molecule has 0 aromatic heterocycles. The first-order chi connectivity index (χ1) is 6.09. The first-order valence-electron chi connectivity index (χ1n) is 4.83. The lowest BCUT2D eigenvalue weighted by Crippen LogP contribution is -2.42. The van der Waals surface area contributed by atoms with Gasteiger partial charge >= 0.3 is 0 Å². The summed E-state index contributed by atoms with van der Waals surface area (Å²) in [6, 6.07) is 0.852. The Morgan fingerprint density at radius 2 is 1.92 bits per heavy atom. The van der Waals surface area contributed by atoms with Crippen molar-refractivity contribution >= 4 is 5.91 Å². The summed E-state index contributed by atoms with van der Waals surface area (Å²) in [7, 11) is 1.95. The van der Waals surface area contributed by atoms with Gasteiger partial charge in [0, 0.05) is 12.1 Å². The van der Waals surface area contributed by atoms with Crippen LogP contribution in [-0.4, -0.2) is 36.5 Å². The smallest absolute Gasteiger partial charge is 0.231 e. The molecule has 1 rings (SSSR count). The lowest BCUT2D eigenvalue weighted by atomic mass is 9.91. The van der Waals surface area contributed by atoms with Gasteiger partial charge in [0.15, 0.2) is 0 Å². The van der Waals surface area contributed by atoms with Gasteiger partial charge in [-0.2, -0.15) is 0 Å². The first-order valence-corrected chi connectivity index (χ1v) is 4.83. The third-order valence-electron chi connectivity index (χ3n) is 2.77. The molecular formula is C9H19N3O. The van der Waals surface area contributed by atoms with Crippen molar-refractivity contribution in [3.63, 3.8) is 0 Å². The fourth-order valence-corrected chi connectivity index (χ4v) is 1.92. The van der Waals surface area contributed by atoms with Crippen molar-refractivity contribution in [2.45, 2.75) is 37.8 Å². The zero-order valence-corrected chi connectivity index (χ0v) is 8.20. The summed E-state index contributed by atoms with van der Waals surface area (Å²) < 4.78 is 0. The van der Waals surface area contributed by atoms with E-state index in [1.54, 1.807) is 0 Å². The molecule has 4 nitrogen and oxygen atoms in total. The van der Waals surface area contributed by atoms with E-state index in [4.69, 9.17) is 11.5 Å². The van der Waals surface area contributed by atoms with Crippen LogP contribution in [-0.2, 0) is 4.79 Å². The molecule has 4 N–H and O–H groups in total. The number of likely N-dealkylation sites (N-methyl/N-ethyl adjacent to an activating group) is 1. The van der Waals surface area contributed by atoms with Gasteiger partial charge < -0.3 is 11.5 Å².